The highest BCUT2D eigenvalue weighted by Gasteiger charge is 2.27. The van der Waals surface area contributed by atoms with Crippen LogP contribution < -0.4 is 0 Å². The summed E-state index contributed by atoms with van der Waals surface area (Å²) in [6.07, 6.45) is 5.73. The molecule has 1 unspecified atom stereocenters. The van der Waals surface area contributed by atoms with Gasteiger partial charge in [0.05, 0.1) is 14.9 Å². The smallest absolute Gasteiger partial charge is 0.293 e. The molecule has 0 amide bonds. The van der Waals surface area contributed by atoms with Crippen molar-refractivity contribution < 1.29 is 9.53 Å². The van der Waals surface area contributed by atoms with Crippen LogP contribution in [0, 0.1) is 0 Å². The standard InChI is InChI=1S/C19H17ClN2O2S/c20-19-4-3-18(25-19)17-10-14(16-2-1-9-22(16)17)15(11-24-12-23)13-5-7-21-8-6-13/h3-8,10,12,15H,1-2,9,11H2. The van der Waals surface area contributed by atoms with Gasteiger partial charge in [-0.15, -0.1) is 11.3 Å². The minimum absolute atomic E-state index is 0.0109. The Morgan fingerprint density at radius 2 is 2.16 bits per heavy atom. The van der Waals surface area contributed by atoms with E-state index in [-0.39, 0.29) is 5.92 Å². The largest absolute Gasteiger partial charge is 0.467 e. The van der Waals surface area contributed by atoms with Gasteiger partial charge >= 0.3 is 0 Å². The van der Waals surface area contributed by atoms with E-state index in [4.69, 9.17) is 16.3 Å². The van der Waals surface area contributed by atoms with E-state index in [1.54, 1.807) is 23.7 Å². The predicted molar refractivity (Wildman–Crippen MR) is 99.2 cm³/mol. The number of carbonyl (C=O) groups excluding carboxylic acids is 1. The molecule has 6 heteroatoms. The third kappa shape index (κ3) is 3.10. The molecule has 0 N–H and O–H groups in total. The quantitative estimate of drug-likeness (QED) is 0.598. The third-order valence-corrected chi connectivity index (χ3v) is 5.93. The van der Waals surface area contributed by atoms with Gasteiger partial charge in [0.25, 0.3) is 6.47 Å². The Balaban J connectivity index is 1.81. The molecule has 0 saturated heterocycles. The number of nitrogens with zero attached hydrogens (tertiary/aromatic N) is 2. The number of pyridine rings is 1. The molecule has 3 aromatic rings. The highest BCUT2D eigenvalue weighted by molar-refractivity contribution is 7.19. The van der Waals surface area contributed by atoms with Crippen LogP contribution in [0.25, 0.3) is 10.6 Å². The molecule has 0 saturated carbocycles. The van der Waals surface area contributed by atoms with Gasteiger partial charge in [-0.3, -0.25) is 9.78 Å². The summed E-state index contributed by atoms with van der Waals surface area (Å²) in [6, 6.07) is 10.2. The lowest BCUT2D eigenvalue weighted by molar-refractivity contribution is -0.128. The molecule has 3 aromatic heterocycles. The fourth-order valence-electron chi connectivity index (χ4n) is 3.60. The van der Waals surface area contributed by atoms with Gasteiger partial charge in [-0.05, 0) is 54.3 Å². The van der Waals surface area contributed by atoms with E-state index >= 15 is 0 Å². The molecular weight excluding hydrogens is 356 g/mol. The number of aromatic nitrogens is 2. The topological polar surface area (TPSA) is 44.1 Å². The summed E-state index contributed by atoms with van der Waals surface area (Å²) in [7, 11) is 0. The first-order valence-corrected chi connectivity index (χ1v) is 9.40. The van der Waals surface area contributed by atoms with Gasteiger partial charge in [-0.2, -0.15) is 0 Å². The van der Waals surface area contributed by atoms with E-state index < -0.39 is 0 Å². The maximum Gasteiger partial charge on any atom is 0.293 e. The van der Waals surface area contributed by atoms with Crippen molar-refractivity contribution in [3.63, 3.8) is 0 Å². The van der Waals surface area contributed by atoms with Crippen molar-refractivity contribution in [3.8, 4) is 10.6 Å². The summed E-state index contributed by atoms with van der Waals surface area (Å²) < 4.78 is 8.33. The Hall–Kier alpha value is -2.11. The van der Waals surface area contributed by atoms with Crippen LogP contribution in [0.15, 0.2) is 42.7 Å². The second kappa shape index (κ2) is 7.02. The molecule has 4 heterocycles. The van der Waals surface area contributed by atoms with Crippen LogP contribution in [-0.2, 0) is 22.5 Å². The van der Waals surface area contributed by atoms with Crippen molar-refractivity contribution in [2.24, 2.45) is 0 Å². The Labute approximate surface area is 155 Å². The zero-order chi connectivity index (χ0) is 17.2. The van der Waals surface area contributed by atoms with Crippen LogP contribution >= 0.6 is 22.9 Å². The van der Waals surface area contributed by atoms with Gasteiger partial charge in [0.1, 0.15) is 6.61 Å². The fraction of sp³-hybridized carbons (Fsp3) is 0.263. The number of ether oxygens (including phenoxy) is 1. The predicted octanol–water partition coefficient (Wildman–Crippen LogP) is 4.52. The maximum absolute atomic E-state index is 10.8. The zero-order valence-electron chi connectivity index (χ0n) is 13.5. The summed E-state index contributed by atoms with van der Waals surface area (Å²) in [5, 5.41) is 0. The Bertz CT molecular complexity index is 888. The number of rotatable bonds is 6. The molecule has 0 bridgehead atoms. The van der Waals surface area contributed by atoms with Crippen molar-refractivity contribution >= 4 is 29.4 Å². The Kier molecular flexibility index (Phi) is 4.59. The maximum atomic E-state index is 10.8. The lowest BCUT2D eigenvalue weighted by atomic mass is 9.91. The first kappa shape index (κ1) is 16.4. The number of hydrogen-bond acceptors (Lipinski definition) is 4. The minimum atomic E-state index is 0.0109. The van der Waals surface area contributed by atoms with Crippen molar-refractivity contribution in [2.75, 3.05) is 6.61 Å². The van der Waals surface area contributed by atoms with Gasteiger partial charge in [0.15, 0.2) is 0 Å². The highest BCUT2D eigenvalue weighted by atomic mass is 35.5. The number of carbonyl (C=O) groups is 1. The van der Waals surface area contributed by atoms with Crippen molar-refractivity contribution in [1.82, 2.24) is 9.55 Å². The molecule has 25 heavy (non-hydrogen) atoms. The van der Waals surface area contributed by atoms with E-state index in [1.807, 2.05) is 18.2 Å². The number of thiophene rings is 1. The van der Waals surface area contributed by atoms with E-state index in [1.165, 1.54) is 21.8 Å². The molecule has 4 rings (SSSR count). The molecule has 128 valence electrons. The average Bonchev–Trinajstić information content (AvgIpc) is 3.34. The van der Waals surface area contributed by atoms with Gasteiger partial charge in [-0.1, -0.05) is 11.6 Å². The first-order chi connectivity index (χ1) is 12.3. The van der Waals surface area contributed by atoms with E-state index in [9.17, 15) is 4.79 Å². The average molecular weight is 373 g/mol. The monoisotopic (exact) mass is 372 g/mol. The molecule has 0 aromatic carbocycles. The second-order valence-electron chi connectivity index (χ2n) is 6.05. The van der Waals surface area contributed by atoms with Crippen LogP contribution in [0.3, 0.4) is 0 Å². The van der Waals surface area contributed by atoms with Crippen LogP contribution in [-0.4, -0.2) is 22.6 Å². The van der Waals surface area contributed by atoms with Gasteiger partial charge < -0.3 is 9.30 Å². The Morgan fingerprint density at radius 1 is 1.32 bits per heavy atom. The fourth-order valence-corrected chi connectivity index (χ4v) is 4.67. The molecule has 1 aliphatic rings. The molecular formula is C19H17ClN2O2S. The van der Waals surface area contributed by atoms with Crippen LogP contribution in [0.1, 0.15) is 29.2 Å². The normalized spacial score (nSPS) is 14.3. The SMILES string of the molecule is O=COCC(c1ccncc1)c1cc(-c2ccc(Cl)s2)n2c1CCC2. The molecule has 1 aliphatic heterocycles. The van der Waals surface area contributed by atoms with Gasteiger partial charge in [0, 0.05) is 30.6 Å². The van der Waals surface area contributed by atoms with Crippen LogP contribution in [0.4, 0.5) is 0 Å². The lowest BCUT2D eigenvalue weighted by Gasteiger charge is -2.16. The minimum Gasteiger partial charge on any atom is -0.467 e. The van der Waals surface area contributed by atoms with E-state index in [2.05, 4.69) is 21.7 Å². The lowest BCUT2D eigenvalue weighted by Crippen LogP contribution is -2.10. The van der Waals surface area contributed by atoms with Crippen molar-refractivity contribution in [1.29, 1.82) is 0 Å². The molecule has 0 radical (unpaired) electrons. The summed E-state index contributed by atoms with van der Waals surface area (Å²) in [5.41, 5.74) is 4.86. The summed E-state index contributed by atoms with van der Waals surface area (Å²) >= 11 is 7.73. The van der Waals surface area contributed by atoms with Crippen molar-refractivity contribution in [3.05, 3.63) is 63.9 Å². The molecule has 1 atom stereocenters. The number of hydrogen-bond donors (Lipinski definition) is 0. The van der Waals surface area contributed by atoms with Crippen LogP contribution in [0.5, 0.6) is 0 Å². The summed E-state index contributed by atoms with van der Waals surface area (Å²) in [6.45, 7) is 1.86. The van der Waals surface area contributed by atoms with Gasteiger partial charge in [0.2, 0.25) is 0 Å². The second-order valence-corrected chi connectivity index (χ2v) is 7.77. The van der Waals surface area contributed by atoms with E-state index in [0.717, 1.165) is 29.3 Å². The number of fused-ring (bicyclic) bond motifs is 1. The molecule has 0 aliphatic carbocycles. The molecule has 4 nitrogen and oxygen atoms in total. The van der Waals surface area contributed by atoms with Crippen molar-refractivity contribution in [2.45, 2.75) is 25.3 Å². The van der Waals surface area contributed by atoms with Gasteiger partial charge in [-0.25, -0.2) is 0 Å². The highest BCUT2D eigenvalue weighted by Crippen LogP contribution is 2.40. The number of halogens is 1. The summed E-state index contributed by atoms with van der Waals surface area (Å²) in [5.74, 6) is 0.0109. The van der Waals surface area contributed by atoms with E-state index in [0.29, 0.717) is 13.1 Å². The summed E-state index contributed by atoms with van der Waals surface area (Å²) in [4.78, 5) is 16.1. The third-order valence-electron chi connectivity index (χ3n) is 4.68. The molecule has 0 spiro atoms. The van der Waals surface area contributed by atoms with Crippen LogP contribution in [0.2, 0.25) is 4.34 Å². The Morgan fingerprint density at radius 3 is 2.88 bits per heavy atom. The first-order valence-electron chi connectivity index (χ1n) is 8.21. The molecule has 0 fully saturated rings. The zero-order valence-corrected chi connectivity index (χ0v) is 15.1.